The minimum Gasteiger partial charge on any atom is -0.399 e. The van der Waals surface area contributed by atoms with E-state index >= 15 is 0 Å². The molecule has 2 rings (SSSR count). The lowest BCUT2D eigenvalue weighted by atomic mass is 9.91. The molecule has 1 saturated carbocycles. The fraction of sp³-hybridized carbons (Fsp3) is 0.600. The first-order valence-electron chi connectivity index (χ1n) is 6.92. The highest BCUT2D eigenvalue weighted by atomic mass is 16.6. The first-order valence-corrected chi connectivity index (χ1v) is 6.92. The molecule has 1 unspecified atom stereocenters. The molecule has 0 spiro atoms. The number of pyridine rings is 1. The predicted molar refractivity (Wildman–Crippen MR) is 73.7 cm³/mol. The average Bonchev–Trinajstić information content (AvgIpc) is 2.52. The lowest BCUT2D eigenvalue weighted by Crippen LogP contribution is -2.14. The SMILES string of the molecule is CON=C1CCCCCCCC1c1ccccn1. The Bertz CT molecular complexity index is 375. The van der Waals surface area contributed by atoms with Crippen LogP contribution in [0.5, 0.6) is 0 Å². The average molecular weight is 246 g/mol. The van der Waals surface area contributed by atoms with E-state index in [1.54, 1.807) is 7.11 Å². The Labute approximate surface area is 109 Å². The maximum atomic E-state index is 5.03. The van der Waals surface area contributed by atoms with E-state index in [1.807, 2.05) is 12.3 Å². The van der Waals surface area contributed by atoms with E-state index in [0.29, 0.717) is 5.92 Å². The number of oxime groups is 1. The molecular formula is C15H22N2O. The normalized spacial score (nSPS) is 24.1. The summed E-state index contributed by atoms with van der Waals surface area (Å²) >= 11 is 0. The van der Waals surface area contributed by atoms with E-state index in [4.69, 9.17) is 4.84 Å². The Morgan fingerprint density at radius 3 is 2.78 bits per heavy atom. The molecule has 0 radical (unpaired) electrons. The summed E-state index contributed by atoms with van der Waals surface area (Å²) in [6.45, 7) is 0. The molecule has 1 aromatic rings. The monoisotopic (exact) mass is 246 g/mol. The van der Waals surface area contributed by atoms with Crippen LogP contribution >= 0.6 is 0 Å². The highest BCUT2D eigenvalue weighted by molar-refractivity contribution is 5.90. The van der Waals surface area contributed by atoms with Crippen LogP contribution in [-0.4, -0.2) is 17.8 Å². The highest BCUT2D eigenvalue weighted by Crippen LogP contribution is 2.27. The number of hydrogen-bond donors (Lipinski definition) is 0. The van der Waals surface area contributed by atoms with Gasteiger partial charge in [0.25, 0.3) is 0 Å². The Hall–Kier alpha value is -1.38. The van der Waals surface area contributed by atoms with Gasteiger partial charge in [0.2, 0.25) is 0 Å². The predicted octanol–water partition coefficient (Wildman–Crippen LogP) is 3.91. The third kappa shape index (κ3) is 3.56. The van der Waals surface area contributed by atoms with Crippen molar-refractivity contribution < 1.29 is 4.84 Å². The molecule has 0 N–H and O–H groups in total. The molecule has 0 amide bonds. The number of hydrogen-bond acceptors (Lipinski definition) is 3. The fourth-order valence-corrected chi connectivity index (χ4v) is 2.65. The summed E-state index contributed by atoms with van der Waals surface area (Å²) in [7, 11) is 1.63. The van der Waals surface area contributed by atoms with Crippen molar-refractivity contribution >= 4 is 5.71 Å². The summed E-state index contributed by atoms with van der Waals surface area (Å²) in [6.07, 6.45) is 10.5. The third-order valence-electron chi connectivity index (χ3n) is 3.58. The standard InChI is InChI=1S/C15H22N2O/c1-18-17-15-11-6-4-2-3-5-9-13(15)14-10-7-8-12-16-14/h7-8,10,12-13H,2-6,9,11H2,1H3. The highest BCUT2D eigenvalue weighted by Gasteiger charge is 2.20. The van der Waals surface area contributed by atoms with Crippen molar-refractivity contribution in [1.82, 2.24) is 4.98 Å². The number of aromatic nitrogens is 1. The van der Waals surface area contributed by atoms with Crippen LogP contribution in [0, 0.1) is 0 Å². The van der Waals surface area contributed by atoms with E-state index in [-0.39, 0.29) is 0 Å². The maximum Gasteiger partial charge on any atom is 0.106 e. The van der Waals surface area contributed by atoms with E-state index in [0.717, 1.165) is 24.2 Å². The van der Waals surface area contributed by atoms with Crippen LogP contribution in [0.4, 0.5) is 0 Å². The van der Waals surface area contributed by atoms with E-state index in [1.165, 1.54) is 32.1 Å². The molecule has 0 saturated heterocycles. The number of nitrogens with zero attached hydrogens (tertiary/aromatic N) is 2. The molecule has 1 aliphatic carbocycles. The van der Waals surface area contributed by atoms with E-state index < -0.39 is 0 Å². The molecule has 0 bridgehead atoms. The molecule has 3 heteroatoms. The molecule has 3 nitrogen and oxygen atoms in total. The van der Waals surface area contributed by atoms with Gasteiger partial charge in [-0.15, -0.1) is 0 Å². The van der Waals surface area contributed by atoms with Gasteiger partial charge in [0.1, 0.15) is 7.11 Å². The van der Waals surface area contributed by atoms with Gasteiger partial charge in [-0.2, -0.15) is 0 Å². The van der Waals surface area contributed by atoms with Gasteiger partial charge >= 0.3 is 0 Å². The van der Waals surface area contributed by atoms with Crippen LogP contribution in [0.2, 0.25) is 0 Å². The summed E-state index contributed by atoms with van der Waals surface area (Å²) in [6, 6.07) is 6.12. The minimum atomic E-state index is 0.337. The Kier molecular flexibility index (Phi) is 5.18. The molecule has 1 atom stereocenters. The van der Waals surface area contributed by atoms with Crippen molar-refractivity contribution in [2.24, 2.45) is 5.16 Å². The molecule has 98 valence electrons. The molecule has 1 heterocycles. The van der Waals surface area contributed by atoms with Crippen molar-refractivity contribution in [3.8, 4) is 0 Å². The molecular weight excluding hydrogens is 224 g/mol. The molecule has 0 aromatic carbocycles. The van der Waals surface area contributed by atoms with E-state index in [2.05, 4.69) is 22.3 Å². The minimum absolute atomic E-state index is 0.337. The third-order valence-corrected chi connectivity index (χ3v) is 3.58. The van der Waals surface area contributed by atoms with Gasteiger partial charge in [-0.25, -0.2) is 0 Å². The Morgan fingerprint density at radius 2 is 2.00 bits per heavy atom. The molecule has 18 heavy (non-hydrogen) atoms. The van der Waals surface area contributed by atoms with Crippen LogP contribution < -0.4 is 0 Å². The summed E-state index contributed by atoms with van der Waals surface area (Å²) in [5.74, 6) is 0.337. The smallest absolute Gasteiger partial charge is 0.106 e. The van der Waals surface area contributed by atoms with Crippen LogP contribution in [0.25, 0.3) is 0 Å². The summed E-state index contributed by atoms with van der Waals surface area (Å²) in [5.41, 5.74) is 2.30. The van der Waals surface area contributed by atoms with Gasteiger partial charge in [-0.1, -0.05) is 36.9 Å². The molecule has 1 aromatic heterocycles. The molecule has 1 aliphatic rings. The Morgan fingerprint density at radius 1 is 1.17 bits per heavy atom. The second kappa shape index (κ2) is 7.14. The summed E-state index contributed by atoms with van der Waals surface area (Å²) in [5, 5.41) is 4.26. The first-order chi connectivity index (χ1) is 8.92. The zero-order valence-corrected chi connectivity index (χ0v) is 11.1. The topological polar surface area (TPSA) is 34.5 Å². The largest absolute Gasteiger partial charge is 0.399 e. The van der Waals surface area contributed by atoms with Gasteiger partial charge in [-0.3, -0.25) is 4.98 Å². The first kappa shape index (κ1) is 13.1. The molecule has 0 aliphatic heterocycles. The summed E-state index contributed by atoms with van der Waals surface area (Å²) in [4.78, 5) is 9.53. The van der Waals surface area contributed by atoms with Gasteiger partial charge in [0, 0.05) is 17.8 Å². The van der Waals surface area contributed by atoms with Crippen molar-refractivity contribution in [1.29, 1.82) is 0 Å². The van der Waals surface area contributed by atoms with Gasteiger partial charge < -0.3 is 4.84 Å². The zero-order chi connectivity index (χ0) is 12.6. The van der Waals surface area contributed by atoms with Crippen LogP contribution in [0.15, 0.2) is 29.6 Å². The lowest BCUT2D eigenvalue weighted by molar-refractivity contribution is 0.210. The zero-order valence-electron chi connectivity index (χ0n) is 11.1. The Balaban J connectivity index is 2.21. The second-order valence-corrected chi connectivity index (χ2v) is 4.88. The summed E-state index contributed by atoms with van der Waals surface area (Å²) < 4.78 is 0. The van der Waals surface area contributed by atoms with Crippen LogP contribution in [0.1, 0.15) is 56.6 Å². The molecule has 1 fully saturated rings. The van der Waals surface area contributed by atoms with Crippen molar-refractivity contribution in [2.45, 2.75) is 50.9 Å². The number of rotatable bonds is 2. The van der Waals surface area contributed by atoms with Gasteiger partial charge in [0.15, 0.2) is 0 Å². The van der Waals surface area contributed by atoms with Crippen molar-refractivity contribution in [3.05, 3.63) is 30.1 Å². The quantitative estimate of drug-likeness (QED) is 0.741. The second-order valence-electron chi connectivity index (χ2n) is 4.88. The van der Waals surface area contributed by atoms with E-state index in [9.17, 15) is 0 Å². The van der Waals surface area contributed by atoms with Crippen molar-refractivity contribution in [2.75, 3.05) is 7.11 Å². The van der Waals surface area contributed by atoms with Crippen LogP contribution in [0.3, 0.4) is 0 Å². The van der Waals surface area contributed by atoms with Gasteiger partial charge in [0.05, 0.1) is 5.71 Å². The van der Waals surface area contributed by atoms with Crippen molar-refractivity contribution in [3.63, 3.8) is 0 Å². The van der Waals surface area contributed by atoms with Gasteiger partial charge in [-0.05, 0) is 31.4 Å². The van der Waals surface area contributed by atoms with Crippen LogP contribution in [-0.2, 0) is 4.84 Å². The fourth-order valence-electron chi connectivity index (χ4n) is 2.65. The lowest BCUT2D eigenvalue weighted by Gasteiger charge is -2.17. The maximum absolute atomic E-state index is 5.03.